The Bertz CT molecular complexity index is 2180. The highest BCUT2D eigenvalue weighted by Crippen LogP contribution is 2.36. The van der Waals surface area contributed by atoms with Crippen LogP contribution in [0.15, 0.2) is 84.0 Å². The van der Waals surface area contributed by atoms with Gasteiger partial charge in [0.1, 0.15) is 35.4 Å². The van der Waals surface area contributed by atoms with Gasteiger partial charge in [-0.15, -0.1) is 11.8 Å². The van der Waals surface area contributed by atoms with Crippen molar-refractivity contribution in [3.63, 3.8) is 0 Å². The molecule has 284 valence electrons. The summed E-state index contributed by atoms with van der Waals surface area (Å²) < 4.78 is 8.08. The lowest BCUT2D eigenvalue weighted by molar-refractivity contribution is -0.136. The number of likely N-dealkylation sites (tertiary alicyclic amines) is 1. The molecule has 0 aliphatic carbocycles. The van der Waals surface area contributed by atoms with Gasteiger partial charge in [-0.2, -0.15) is 5.10 Å². The summed E-state index contributed by atoms with van der Waals surface area (Å²) in [4.78, 5) is 51.5. The maximum absolute atomic E-state index is 13.2. The Hall–Kier alpha value is -5.27. The second-order valence-corrected chi connectivity index (χ2v) is 15.7. The number of carbonyl (C=O) groups excluding carboxylic acids is 3. The second kappa shape index (κ2) is 16.6. The lowest BCUT2D eigenvalue weighted by atomic mass is 10.0. The lowest BCUT2D eigenvalue weighted by Gasteiger charge is -2.33. The van der Waals surface area contributed by atoms with Gasteiger partial charge in [-0.1, -0.05) is 43.5 Å². The first-order chi connectivity index (χ1) is 26.9. The molecule has 3 aliphatic heterocycles. The maximum atomic E-state index is 13.2. The SMILES string of the molecule is Nc1ncnc2c1c(-c1ccc(Oc3ccccc3)cc1)nn2[C@@H]1CCCN(CCCCCCCSc2cccc3c2CN(C2CCC(=O)NC2=O)C3=O)C1. The molecule has 0 saturated carbocycles. The van der Waals surface area contributed by atoms with E-state index < -0.39 is 6.04 Å². The molecule has 0 spiro atoms. The number of thioether (sulfide) groups is 1. The van der Waals surface area contributed by atoms with E-state index in [1.165, 1.54) is 19.2 Å². The molecule has 12 nitrogen and oxygen atoms in total. The number of nitrogens with zero attached hydrogens (tertiary/aromatic N) is 6. The van der Waals surface area contributed by atoms with Crippen LogP contribution in [-0.2, 0) is 16.1 Å². The van der Waals surface area contributed by atoms with Gasteiger partial charge in [0.25, 0.3) is 5.91 Å². The summed E-state index contributed by atoms with van der Waals surface area (Å²) in [5.74, 6) is 2.19. The largest absolute Gasteiger partial charge is 0.457 e. The van der Waals surface area contributed by atoms with Crippen LogP contribution in [0, 0.1) is 0 Å². The number of nitrogen functional groups attached to an aromatic ring is 1. The topological polar surface area (TPSA) is 149 Å². The van der Waals surface area contributed by atoms with E-state index in [2.05, 4.69) is 30.9 Å². The molecule has 3 aliphatic rings. The average Bonchev–Trinajstić information content (AvgIpc) is 3.76. The third kappa shape index (κ3) is 8.08. The molecule has 2 atom stereocenters. The van der Waals surface area contributed by atoms with Crippen LogP contribution in [0.25, 0.3) is 22.3 Å². The zero-order chi connectivity index (χ0) is 37.7. The van der Waals surface area contributed by atoms with Crippen LogP contribution in [0.3, 0.4) is 0 Å². The minimum absolute atomic E-state index is 0.121. The third-order valence-electron chi connectivity index (χ3n) is 10.9. The number of imide groups is 1. The van der Waals surface area contributed by atoms with Crippen molar-refractivity contribution in [3.05, 3.63) is 90.3 Å². The Morgan fingerprint density at radius 3 is 2.51 bits per heavy atom. The summed E-state index contributed by atoms with van der Waals surface area (Å²) in [6.07, 6.45) is 10.1. The summed E-state index contributed by atoms with van der Waals surface area (Å²) in [5, 5.41) is 8.29. The van der Waals surface area contributed by atoms with E-state index in [1.54, 1.807) is 16.7 Å². The number of aromatic nitrogens is 4. The van der Waals surface area contributed by atoms with Crippen molar-refractivity contribution in [1.82, 2.24) is 34.9 Å². The van der Waals surface area contributed by atoms with Gasteiger partial charge >= 0.3 is 0 Å². The van der Waals surface area contributed by atoms with Crippen LogP contribution < -0.4 is 15.8 Å². The number of benzene rings is 3. The summed E-state index contributed by atoms with van der Waals surface area (Å²) in [6, 6.07) is 23.1. The van der Waals surface area contributed by atoms with E-state index in [-0.39, 0.29) is 30.2 Å². The van der Waals surface area contributed by atoms with Crippen LogP contribution in [-0.4, -0.2) is 78.7 Å². The van der Waals surface area contributed by atoms with E-state index in [4.69, 9.17) is 15.6 Å². The molecule has 1 unspecified atom stereocenters. The van der Waals surface area contributed by atoms with Crippen molar-refractivity contribution in [3.8, 4) is 22.8 Å². The Balaban J connectivity index is 0.803. The van der Waals surface area contributed by atoms with Crippen molar-refractivity contribution < 1.29 is 19.1 Å². The quantitative estimate of drug-likeness (QED) is 0.0689. The van der Waals surface area contributed by atoms with Gasteiger partial charge in [0.15, 0.2) is 5.65 Å². The molecule has 2 saturated heterocycles. The molecule has 8 rings (SSSR count). The minimum atomic E-state index is -0.589. The fourth-order valence-corrected chi connectivity index (χ4v) is 9.13. The summed E-state index contributed by atoms with van der Waals surface area (Å²) in [6.45, 7) is 3.49. The van der Waals surface area contributed by atoms with Gasteiger partial charge in [-0.25, -0.2) is 14.6 Å². The molecular weight excluding hydrogens is 713 g/mol. The van der Waals surface area contributed by atoms with E-state index in [9.17, 15) is 14.4 Å². The number of nitrogens with one attached hydrogen (secondary N) is 1. The number of carbonyl (C=O) groups is 3. The highest BCUT2D eigenvalue weighted by Gasteiger charge is 2.39. The molecule has 5 aromatic rings. The molecule has 2 aromatic heterocycles. The van der Waals surface area contributed by atoms with E-state index in [0.717, 1.165) is 102 Å². The van der Waals surface area contributed by atoms with Gasteiger partial charge in [0.05, 0.1) is 11.4 Å². The first-order valence-electron chi connectivity index (χ1n) is 19.4. The molecule has 5 heterocycles. The monoisotopic (exact) mass is 758 g/mol. The van der Waals surface area contributed by atoms with Crippen LogP contribution >= 0.6 is 11.8 Å². The van der Waals surface area contributed by atoms with E-state index >= 15 is 0 Å². The molecule has 0 radical (unpaired) electrons. The van der Waals surface area contributed by atoms with E-state index in [0.29, 0.717) is 24.3 Å². The zero-order valence-electron chi connectivity index (χ0n) is 30.9. The molecule has 3 N–H and O–H groups in total. The fourth-order valence-electron chi connectivity index (χ4n) is 8.03. The number of piperidine rings is 2. The highest BCUT2D eigenvalue weighted by molar-refractivity contribution is 7.99. The first kappa shape index (κ1) is 36.7. The molecule has 55 heavy (non-hydrogen) atoms. The Labute approximate surface area is 324 Å². The Morgan fingerprint density at radius 2 is 1.67 bits per heavy atom. The number of hydrogen-bond acceptors (Lipinski definition) is 10. The number of hydrogen-bond donors (Lipinski definition) is 2. The number of rotatable bonds is 14. The van der Waals surface area contributed by atoms with Gasteiger partial charge < -0.3 is 20.3 Å². The normalized spacial score (nSPS) is 18.8. The smallest absolute Gasteiger partial charge is 0.255 e. The molecule has 3 aromatic carbocycles. The van der Waals surface area contributed by atoms with Gasteiger partial charge in [-0.05, 0) is 105 Å². The van der Waals surface area contributed by atoms with Crippen molar-refractivity contribution >= 4 is 46.3 Å². The molecule has 13 heteroatoms. The number of unbranched alkanes of at least 4 members (excludes halogenated alkanes) is 4. The number of amides is 3. The van der Waals surface area contributed by atoms with Crippen molar-refractivity contribution in [2.45, 2.75) is 81.3 Å². The van der Waals surface area contributed by atoms with Crippen LogP contribution in [0.4, 0.5) is 5.82 Å². The molecule has 0 bridgehead atoms. The zero-order valence-corrected chi connectivity index (χ0v) is 31.7. The Morgan fingerprint density at radius 1 is 0.873 bits per heavy atom. The molecule has 2 fully saturated rings. The first-order valence-corrected chi connectivity index (χ1v) is 20.4. The van der Waals surface area contributed by atoms with Crippen LogP contribution in [0.2, 0.25) is 0 Å². The summed E-state index contributed by atoms with van der Waals surface area (Å²) in [7, 11) is 0. The second-order valence-electron chi connectivity index (χ2n) is 14.6. The predicted molar refractivity (Wildman–Crippen MR) is 213 cm³/mol. The molecule has 3 amide bonds. The van der Waals surface area contributed by atoms with Crippen molar-refractivity contribution in [1.29, 1.82) is 0 Å². The Kier molecular flexibility index (Phi) is 11.1. The van der Waals surface area contributed by atoms with Crippen molar-refractivity contribution in [2.24, 2.45) is 0 Å². The summed E-state index contributed by atoms with van der Waals surface area (Å²) in [5.41, 5.74) is 10.6. The third-order valence-corrected chi connectivity index (χ3v) is 12.1. The standard InChI is InChI=1S/C42H46N8O4S/c43-39-37-38(28-16-18-31(19-17-28)54-30-12-5-4-6-13-30)47-50(40(37)45-27-44-39)29-11-10-23-48(25-29)22-7-2-1-3-8-24-55-35-15-9-14-32-33(35)26-49(42(32)53)34-20-21-36(51)46-41(34)52/h4-6,9,12-19,27,29,34H,1-3,7-8,10-11,20-26H2,(H2,43,44,45)(H,46,51,52)/t29-,34?/m1/s1. The van der Waals surface area contributed by atoms with Crippen LogP contribution in [0.5, 0.6) is 11.5 Å². The van der Waals surface area contributed by atoms with Gasteiger partial charge in [0, 0.05) is 35.5 Å². The lowest BCUT2D eigenvalue weighted by Crippen LogP contribution is -2.52. The summed E-state index contributed by atoms with van der Waals surface area (Å²) >= 11 is 1.79. The maximum Gasteiger partial charge on any atom is 0.255 e. The highest BCUT2D eigenvalue weighted by atomic mass is 32.2. The number of para-hydroxylation sites is 1. The van der Waals surface area contributed by atoms with Gasteiger partial charge in [-0.3, -0.25) is 19.7 Å². The molecular formula is C42H46N8O4S. The van der Waals surface area contributed by atoms with Gasteiger partial charge in [0.2, 0.25) is 11.8 Å². The fraction of sp³-hybridized carbons (Fsp3) is 0.381. The van der Waals surface area contributed by atoms with Crippen molar-refractivity contribution in [2.75, 3.05) is 31.1 Å². The number of nitrogens with two attached hydrogens (primary N) is 1. The average molecular weight is 759 g/mol. The minimum Gasteiger partial charge on any atom is -0.457 e. The number of fused-ring (bicyclic) bond motifs is 2. The number of anilines is 1. The van der Waals surface area contributed by atoms with E-state index in [1.807, 2.05) is 66.7 Å². The predicted octanol–water partition coefficient (Wildman–Crippen LogP) is 7.01. The van der Waals surface area contributed by atoms with Crippen LogP contribution in [0.1, 0.15) is 79.8 Å². The number of ether oxygens (including phenoxy) is 1.